The standard InChI is InChI=1S/C13H12N2O3S/c1-7-5-8(2)12-9(6-7)19-13(15-12)14-10(16)3-4-11(17)18/h3-6H,1-2H3,(H,17,18)(H,14,15,16)/b4-3+. The van der Waals surface area contributed by atoms with Gasteiger partial charge in [0.2, 0.25) is 5.91 Å². The second-order valence-electron chi connectivity index (χ2n) is 4.11. The quantitative estimate of drug-likeness (QED) is 0.844. The summed E-state index contributed by atoms with van der Waals surface area (Å²) in [5.41, 5.74) is 3.04. The van der Waals surface area contributed by atoms with Gasteiger partial charge in [0, 0.05) is 12.2 Å². The molecule has 0 aliphatic rings. The Morgan fingerprint density at radius 2 is 2.05 bits per heavy atom. The fourth-order valence-electron chi connectivity index (χ4n) is 1.72. The van der Waals surface area contributed by atoms with Crippen molar-refractivity contribution in [3.05, 3.63) is 35.4 Å². The maximum absolute atomic E-state index is 11.5. The summed E-state index contributed by atoms with van der Waals surface area (Å²) in [6.07, 6.45) is 1.75. The third kappa shape index (κ3) is 3.17. The van der Waals surface area contributed by atoms with E-state index in [1.54, 1.807) is 0 Å². The first-order chi connectivity index (χ1) is 8.95. The van der Waals surface area contributed by atoms with Gasteiger partial charge < -0.3 is 5.11 Å². The minimum absolute atomic E-state index is 0.462. The number of aryl methyl sites for hydroxylation is 2. The van der Waals surface area contributed by atoms with Crippen molar-refractivity contribution < 1.29 is 14.7 Å². The zero-order valence-corrected chi connectivity index (χ0v) is 11.2. The zero-order valence-electron chi connectivity index (χ0n) is 10.4. The minimum atomic E-state index is -1.16. The number of fused-ring (bicyclic) bond motifs is 1. The van der Waals surface area contributed by atoms with Crippen molar-refractivity contribution >= 4 is 38.6 Å². The lowest BCUT2D eigenvalue weighted by Gasteiger charge is -1.96. The molecule has 19 heavy (non-hydrogen) atoms. The summed E-state index contributed by atoms with van der Waals surface area (Å²) in [6.45, 7) is 3.96. The Kier molecular flexibility index (Phi) is 3.62. The van der Waals surface area contributed by atoms with Gasteiger partial charge in [0.1, 0.15) is 0 Å². The van der Waals surface area contributed by atoms with Crippen LogP contribution in [0.25, 0.3) is 10.2 Å². The number of hydrogen-bond donors (Lipinski definition) is 2. The van der Waals surface area contributed by atoms with Crippen LogP contribution in [0.1, 0.15) is 11.1 Å². The summed E-state index contributed by atoms with van der Waals surface area (Å²) in [5, 5.41) is 11.4. The number of thiazole rings is 1. The molecule has 0 spiro atoms. The molecule has 0 bridgehead atoms. The van der Waals surface area contributed by atoms with E-state index in [4.69, 9.17) is 5.11 Å². The number of carbonyl (C=O) groups excluding carboxylic acids is 1. The number of amides is 1. The van der Waals surface area contributed by atoms with Crippen LogP contribution in [0.4, 0.5) is 5.13 Å². The highest BCUT2D eigenvalue weighted by molar-refractivity contribution is 7.22. The van der Waals surface area contributed by atoms with E-state index in [-0.39, 0.29) is 0 Å². The van der Waals surface area contributed by atoms with Gasteiger partial charge in [0.15, 0.2) is 5.13 Å². The van der Waals surface area contributed by atoms with Crippen LogP contribution in [0.5, 0.6) is 0 Å². The molecule has 1 aromatic heterocycles. The van der Waals surface area contributed by atoms with Crippen LogP contribution in [-0.4, -0.2) is 22.0 Å². The van der Waals surface area contributed by atoms with Gasteiger partial charge in [0.05, 0.1) is 10.2 Å². The average Bonchev–Trinajstić information content (AvgIpc) is 2.69. The summed E-state index contributed by atoms with van der Waals surface area (Å²) >= 11 is 1.36. The number of carboxylic acids is 1. The maximum Gasteiger partial charge on any atom is 0.328 e. The smallest absolute Gasteiger partial charge is 0.328 e. The Bertz CT molecular complexity index is 688. The van der Waals surface area contributed by atoms with Crippen LogP contribution >= 0.6 is 11.3 Å². The molecule has 1 aromatic carbocycles. The number of nitrogens with one attached hydrogen (secondary N) is 1. The molecule has 5 nitrogen and oxygen atoms in total. The Morgan fingerprint density at radius 3 is 2.74 bits per heavy atom. The fraction of sp³-hybridized carbons (Fsp3) is 0.154. The highest BCUT2D eigenvalue weighted by atomic mass is 32.1. The third-order valence-electron chi connectivity index (χ3n) is 2.44. The molecule has 2 rings (SSSR count). The van der Waals surface area contributed by atoms with E-state index in [2.05, 4.69) is 10.3 Å². The first-order valence-corrected chi connectivity index (χ1v) is 6.37. The predicted molar refractivity (Wildman–Crippen MR) is 74.5 cm³/mol. The van der Waals surface area contributed by atoms with Gasteiger partial charge in [-0.15, -0.1) is 0 Å². The molecule has 6 heteroatoms. The number of benzene rings is 1. The van der Waals surface area contributed by atoms with Gasteiger partial charge in [-0.25, -0.2) is 9.78 Å². The van der Waals surface area contributed by atoms with Crippen LogP contribution in [0.2, 0.25) is 0 Å². The number of carboxylic acid groups (broad SMARTS) is 1. The van der Waals surface area contributed by atoms with Crippen molar-refractivity contribution in [2.75, 3.05) is 5.32 Å². The van der Waals surface area contributed by atoms with Crippen molar-refractivity contribution in [1.29, 1.82) is 0 Å². The van der Waals surface area contributed by atoms with E-state index < -0.39 is 11.9 Å². The largest absolute Gasteiger partial charge is 0.478 e. The highest BCUT2D eigenvalue weighted by Gasteiger charge is 2.08. The molecule has 0 fully saturated rings. The summed E-state index contributed by atoms with van der Waals surface area (Å²) in [4.78, 5) is 26.1. The second-order valence-corrected chi connectivity index (χ2v) is 5.14. The predicted octanol–water partition coefficient (Wildman–Crippen LogP) is 2.49. The van der Waals surface area contributed by atoms with Gasteiger partial charge in [-0.05, 0) is 31.0 Å². The first-order valence-electron chi connectivity index (χ1n) is 5.55. The zero-order chi connectivity index (χ0) is 14.0. The number of nitrogens with zero attached hydrogens (tertiary/aromatic N) is 1. The van der Waals surface area contributed by atoms with Gasteiger partial charge in [-0.1, -0.05) is 17.4 Å². The van der Waals surface area contributed by atoms with Crippen molar-refractivity contribution in [3.63, 3.8) is 0 Å². The number of carbonyl (C=O) groups is 2. The molecule has 0 saturated carbocycles. The third-order valence-corrected chi connectivity index (χ3v) is 3.36. The van der Waals surface area contributed by atoms with E-state index in [0.29, 0.717) is 5.13 Å². The number of rotatable bonds is 3. The van der Waals surface area contributed by atoms with Crippen LogP contribution < -0.4 is 5.32 Å². The SMILES string of the molecule is Cc1cc(C)c2nc(NC(=O)/C=C/C(=O)O)sc2c1. The van der Waals surface area contributed by atoms with E-state index in [1.807, 2.05) is 26.0 Å². The van der Waals surface area contributed by atoms with Gasteiger partial charge in [-0.3, -0.25) is 10.1 Å². The van der Waals surface area contributed by atoms with E-state index >= 15 is 0 Å². The fourth-order valence-corrected chi connectivity index (χ4v) is 2.76. The Hall–Kier alpha value is -2.21. The van der Waals surface area contributed by atoms with Crippen LogP contribution in [0, 0.1) is 13.8 Å². The van der Waals surface area contributed by atoms with Crippen LogP contribution in [0.15, 0.2) is 24.3 Å². The second kappa shape index (κ2) is 5.19. The lowest BCUT2D eigenvalue weighted by molar-refractivity contribution is -0.131. The Labute approximate surface area is 113 Å². The molecular weight excluding hydrogens is 264 g/mol. The molecule has 2 aromatic rings. The average molecular weight is 276 g/mol. The molecule has 1 amide bonds. The molecule has 0 saturated heterocycles. The number of aliphatic carboxylic acids is 1. The van der Waals surface area contributed by atoms with Gasteiger partial charge >= 0.3 is 5.97 Å². The molecule has 98 valence electrons. The number of hydrogen-bond acceptors (Lipinski definition) is 4. The van der Waals surface area contributed by atoms with Crippen LogP contribution in [0.3, 0.4) is 0 Å². The lowest BCUT2D eigenvalue weighted by atomic mass is 10.1. The maximum atomic E-state index is 11.5. The normalized spacial score (nSPS) is 11.1. The Morgan fingerprint density at radius 1 is 1.32 bits per heavy atom. The molecule has 2 N–H and O–H groups in total. The summed E-state index contributed by atoms with van der Waals surface area (Å²) in [6, 6.07) is 4.03. The lowest BCUT2D eigenvalue weighted by Crippen LogP contribution is -2.08. The van der Waals surface area contributed by atoms with E-state index in [0.717, 1.165) is 33.5 Å². The van der Waals surface area contributed by atoms with Crippen molar-refractivity contribution in [3.8, 4) is 0 Å². The Balaban J connectivity index is 2.25. The molecule has 0 atom stereocenters. The van der Waals surface area contributed by atoms with Crippen LogP contribution in [-0.2, 0) is 9.59 Å². The first kappa shape index (κ1) is 13.2. The van der Waals surface area contributed by atoms with Crippen molar-refractivity contribution in [2.45, 2.75) is 13.8 Å². The summed E-state index contributed by atoms with van der Waals surface area (Å²) < 4.78 is 0.995. The monoisotopic (exact) mass is 276 g/mol. The number of aromatic nitrogens is 1. The highest BCUT2D eigenvalue weighted by Crippen LogP contribution is 2.29. The van der Waals surface area contributed by atoms with Crippen molar-refractivity contribution in [2.24, 2.45) is 0 Å². The molecule has 0 radical (unpaired) electrons. The van der Waals surface area contributed by atoms with E-state index in [9.17, 15) is 9.59 Å². The molecule has 0 aliphatic heterocycles. The summed E-state index contributed by atoms with van der Waals surface area (Å²) in [7, 11) is 0. The molecular formula is C13H12N2O3S. The summed E-state index contributed by atoms with van der Waals surface area (Å²) in [5.74, 6) is -1.67. The van der Waals surface area contributed by atoms with Crippen molar-refractivity contribution in [1.82, 2.24) is 4.98 Å². The van der Waals surface area contributed by atoms with Gasteiger partial charge in [0.25, 0.3) is 0 Å². The molecule has 0 unspecified atom stereocenters. The van der Waals surface area contributed by atoms with E-state index in [1.165, 1.54) is 11.3 Å². The number of anilines is 1. The van der Waals surface area contributed by atoms with Gasteiger partial charge in [-0.2, -0.15) is 0 Å². The molecule has 0 aliphatic carbocycles. The molecule has 1 heterocycles. The minimum Gasteiger partial charge on any atom is -0.478 e. The topological polar surface area (TPSA) is 79.3 Å².